The number of hydrogen-bond acceptors (Lipinski definition) is 3. The highest BCUT2D eigenvalue weighted by Crippen LogP contribution is 2.24. The lowest BCUT2D eigenvalue weighted by Crippen LogP contribution is -2.42. The molecule has 0 bridgehead atoms. The number of pyridine rings is 1. The molecule has 1 aromatic heterocycles. The molecule has 25 heavy (non-hydrogen) atoms. The Morgan fingerprint density at radius 2 is 2.00 bits per heavy atom. The average Bonchev–Trinajstić information content (AvgIpc) is 2.67. The summed E-state index contributed by atoms with van der Waals surface area (Å²) < 4.78 is 19.2. The van der Waals surface area contributed by atoms with E-state index in [1.807, 2.05) is 36.4 Å². The van der Waals surface area contributed by atoms with Gasteiger partial charge in [-0.1, -0.05) is 36.4 Å². The normalized spacial score (nSPS) is 17.6. The standard InChI is InChI=1S/C20H17FN2O2/c21-16-6-3-5-15(12-16)19-13-23(10-11-25-19)20(24)18-9-8-14-4-1-2-7-17(14)22-18/h1-9,12,19H,10-11,13H2. The molecule has 1 amide bonds. The Bertz CT molecular complexity index is 928. The molecule has 1 saturated heterocycles. The molecular formula is C20H17FN2O2. The van der Waals surface area contributed by atoms with Gasteiger partial charge >= 0.3 is 0 Å². The number of ether oxygens (including phenoxy) is 1. The maximum atomic E-state index is 13.4. The Hall–Kier alpha value is -2.79. The average molecular weight is 336 g/mol. The van der Waals surface area contributed by atoms with Crippen LogP contribution in [0.1, 0.15) is 22.2 Å². The second-order valence-electron chi connectivity index (χ2n) is 6.05. The van der Waals surface area contributed by atoms with Gasteiger partial charge in [0.1, 0.15) is 17.6 Å². The first kappa shape index (κ1) is 15.7. The number of aromatic nitrogens is 1. The molecule has 0 radical (unpaired) electrons. The zero-order valence-corrected chi connectivity index (χ0v) is 13.6. The molecule has 1 aliphatic heterocycles. The van der Waals surface area contributed by atoms with E-state index in [0.29, 0.717) is 25.4 Å². The number of fused-ring (bicyclic) bond motifs is 1. The van der Waals surface area contributed by atoms with Gasteiger partial charge in [-0.2, -0.15) is 0 Å². The van der Waals surface area contributed by atoms with E-state index >= 15 is 0 Å². The molecule has 4 rings (SSSR count). The lowest BCUT2D eigenvalue weighted by molar-refractivity contribution is -0.0231. The molecule has 126 valence electrons. The van der Waals surface area contributed by atoms with Gasteiger partial charge in [0.15, 0.2) is 0 Å². The van der Waals surface area contributed by atoms with Gasteiger partial charge in [-0.15, -0.1) is 0 Å². The van der Waals surface area contributed by atoms with Gasteiger partial charge in [-0.25, -0.2) is 9.37 Å². The molecule has 0 N–H and O–H groups in total. The van der Waals surface area contributed by atoms with Crippen LogP contribution in [0.3, 0.4) is 0 Å². The summed E-state index contributed by atoms with van der Waals surface area (Å²) in [4.78, 5) is 19.0. The second kappa shape index (κ2) is 6.61. The van der Waals surface area contributed by atoms with E-state index in [1.165, 1.54) is 12.1 Å². The minimum atomic E-state index is -0.325. The molecule has 1 atom stereocenters. The highest BCUT2D eigenvalue weighted by atomic mass is 19.1. The van der Waals surface area contributed by atoms with Gasteiger partial charge < -0.3 is 9.64 Å². The van der Waals surface area contributed by atoms with Crippen LogP contribution in [0.5, 0.6) is 0 Å². The summed E-state index contributed by atoms with van der Waals surface area (Å²) in [7, 11) is 0. The molecule has 4 nitrogen and oxygen atoms in total. The van der Waals surface area contributed by atoms with Gasteiger partial charge in [0.05, 0.1) is 18.7 Å². The first-order valence-electron chi connectivity index (χ1n) is 8.23. The lowest BCUT2D eigenvalue weighted by atomic mass is 10.1. The minimum Gasteiger partial charge on any atom is -0.370 e. The number of hydrogen-bond donors (Lipinski definition) is 0. The Labute approximate surface area is 144 Å². The van der Waals surface area contributed by atoms with Crippen LogP contribution in [0.15, 0.2) is 60.7 Å². The quantitative estimate of drug-likeness (QED) is 0.718. The Morgan fingerprint density at radius 3 is 2.88 bits per heavy atom. The van der Waals surface area contributed by atoms with Gasteiger partial charge in [-0.05, 0) is 29.8 Å². The maximum Gasteiger partial charge on any atom is 0.272 e. The SMILES string of the molecule is O=C(c1ccc2ccccc2n1)N1CCOC(c2cccc(F)c2)C1. The third kappa shape index (κ3) is 3.23. The predicted molar refractivity (Wildman–Crippen MR) is 92.7 cm³/mol. The van der Waals surface area contributed by atoms with Crippen molar-refractivity contribution in [1.29, 1.82) is 0 Å². The molecule has 5 heteroatoms. The van der Waals surface area contributed by atoms with Crippen LogP contribution in [-0.2, 0) is 4.74 Å². The van der Waals surface area contributed by atoms with Crippen LogP contribution < -0.4 is 0 Å². The van der Waals surface area contributed by atoms with E-state index in [4.69, 9.17) is 4.74 Å². The molecule has 1 unspecified atom stereocenters. The fourth-order valence-corrected chi connectivity index (χ4v) is 3.09. The molecule has 1 fully saturated rings. The first-order chi connectivity index (χ1) is 12.2. The van der Waals surface area contributed by atoms with Crippen LogP contribution in [-0.4, -0.2) is 35.5 Å². The van der Waals surface area contributed by atoms with E-state index in [0.717, 1.165) is 16.5 Å². The first-order valence-corrected chi connectivity index (χ1v) is 8.23. The molecular weight excluding hydrogens is 319 g/mol. The van der Waals surface area contributed by atoms with Crippen molar-refractivity contribution in [2.45, 2.75) is 6.10 Å². The minimum absolute atomic E-state index is 0.129. The zero-order chi connectivity index (χ0) is 17.2. The smallest absolute Gasteiger partial charge is 0.272 e. The van der Waals surface area contributed by atoms with Crippen LogP contribution in [0, 0.1) is 5.82 Å². The lowest BCUT2D eigenvalue weighted by Gasteiger charge is -2.33. The number of para-hydroxylation sites is 1. The number of rotatable bonds is 2. The predicted octanol–water partition coefficient (Wildman–Crippen LogP) is 3.59. The molecule has 2 heterocycles. The van der Waals surface area contributed by atoms with Gasteiger partial charge in [0, 0.05) is 11.9 Å². The van der Waals surface area contributed by atoms with Crippen LogP contribution in [0.4, 0.5) is 4.39 Å². The Balaban J connectivity index is 1.56. The number of amides is 1. The summed E-state index contributed by atoms with van der Waals surface area (Å²) in [6.45, 7) is 1.30. The Kier molecular flexibility index (Phi) is 4.15. The third-order valence-corrected chi connectivity index (χ3v) is 4.39. The van der Waals surface area contributed by atoms with E-state index in [2.05, 4.69) is 4.98 Å². The van der Waals surface area contributed by atoms with Crippen molar-refractivity contribution in [3.8, 4) is 0 Å². The monoisotopic (exact) mass is 336 g/mol. The number of carbonyl (C=O) groups excluding carboxylic acids is 1. The largest absolute Gasteiger partial charge is 0.370 e. The van der Waals surface area contributed by atoms with Crippen molar-refractivity contribution < 1.29 is 13.9 Å². The van der Waals surface area contributed by atoms with Crippen LogP contribution in [0.25, 0.3) is 10.9 Å². The summed E-state index contributed by atoms with van der Waals surface area (Å²) in [6, 6.07) is 17.7. The second-order valence-corrected chi connectivity index (χ2v) is 6.05. The van der Waals surface area contributed by atoms with E-state index in [1.54, 1.807) is 17.0 Å². The fourth-order valence-electron chi connectivity index (χ4n) is 3.09. The van der Waals surface area contributed by atoms with E-state index < -0.39 is 0 Å². The maximum absolute atomic E-state index is 13.4. The van der Waals surface area contributed by atoms with Crippen molar-refractivity contribution >= 4 is 16.8 Å². The van der Waals surface area contributed by atoms with Gasteiger partial charge in [-0.3, -0.25) is 4.79 Å². The number of carbonyl (C=O) groups is 1. The van der Waals surface area contributed by atoms with Gasteiger partial charge in [0.2, 0.25) is 0 Å². The number of halogens is 1. The summed E-state index contributed by atoms with van der Waals surface area (Å²) in [6.07, 6.45) is -0.325. The number of nitrogens with zero attached hydrogens (tertiary/aromatic N) is 2. The van der Waals surface area contributed by atoms with Crippen molar-refractivity contribution in [2.24, 2.45) is 0 Å². The number of benzene rings is 2. The summed E-state index contributed by atoms with van der Waals surface area (Å²) in [5.74, 6) is -0.434. The molecule has 0 spiro atoms. The van der Waals surface area contributed by atoms with Crippen molar-refractivity contribution in [1.82, 2.24) is 9.88 Å². The topological polar surface area (TPSA) is 42.4 Å². The van der Waals surface area contributed by atoms with Crippen molar-refractivity contribution in [3.05, 3.63) is 77.7 Å². The molecule has 2 aromatic carbocycles. The van der Waals surface area contributed by atoms with E-state index in [-0.39, 0.29) is 17.8 Å². The molecule has 0 aliphatic carbocycles. The summed E-state index contributed by atoms with van der Waals surface area (Å²) in [5.41, 5.74) is 1.95. The summed E-state index contributed by atoms with van der Waals surface area (Å²) >= 11 is 0. The number of morpholine rings is 1. The third-order valence-electron chi connectivity index (χ3n) is 4.39. The van der Waals surface area contributed by atoms with Gasteiger partial charge in [0.25, 0.3) is 5.91 Å². The summed E-state index contributed by atoms with van der Waals surface area (Å²) in [5, 5.41) is 0.999. The molecule has 0 saturated carbocycles. The van der Waals surface area contributed by atoms with Crippen LogP contribution in [0.2, 0.25) is 0 Å². The van der Waals surface area contributed by atoms with E-state index in [9.17, 15) is 9.18 Å². The van der Waals surface area contributed by atoms with Crippen LogP contribution >= 0.6 is 0 Å². The molecule has 1 aliphatic rings. The Morgan fingerprint density at radius 1 is 1.12 bits per heavy atom. The molecule has 3 aromatic rings. The fraction of sp³-hybridized carbons (Fsp3) is 0.200. The van der Waals surface area contributed by atoms with Crippen molar-refractivity contribution in [3.63, 3.8) is 0 Å². The highest BCUT2D eigenvalue weighted by molar-refractivity contribution is 5.95. The highest BCUT2D eigenvalue weighted by Gasteiger charge is 2.27. The zero-order valence-electron chi connectivity index (χ0n) is 13.6. The van der Waals surface area contributed by atoms with Crippen molar-refractivity contribution in [2.75, 3.05) is 19.7 Å².